The van der Waals surface area contributed by atoms with Gasteiger partial charge in [-0.25, -0.2) is 0 Å². The van der Waals surface area contributed by atoms with Crippen molar-refractivity contribution in [1.29, 1.82) is 0 Å². The van der Waals surface area contributed by atoms with Gasteiger partial charge in [0.25, 0.3) is 0 Å². The van der Waals surface area contributed by atoms with Gasteiger partial charge in [-0.2, -0.15) is 0 Å². The Balaban J connectivity index is 1.88. The van der Waals surface area contributed by atoms with Crippen LogP contribution in [0.3, 0.4) is 0 Å². The molecule has 3 nitrogen and oxygen atoms in total. The van der Waals surface area contributed by atoms with Crippen LogP contribution in [0.1, 0.15) is 11.1 Å². The maximum Gasteiger partial charge on any atom is 0.138 e. The Bertz CT molecular complexity index is 471. The van der Waals surface area contributed by atoms with Crippen LogP contribution in [0.2, 0.25) is 10.0 Å². The maximum atomic E-state index is 6.29. The zero-order chi connectivity index (χ0) is 14.7. The van der Waals surface area contributed by atoms with E-state index in [0.29, 0.717) is 11.6 Å². The van der Waals surface area contributed by atoms with Crippen LogP contribution < -0.4 is 14.5 Å². The summed E-state index contributed by atoms with van der Waals surface area (Å²) in [5, 5.41) is 1.37. The van der Waals surface area contributed by atoms with Crippen LogP contribution in [0.25, 0.3) is 0 Å². The smallest absolute Gasteiger partial charge is 0.138 e. The first-order chi connectivity index (χ1) is 9.49. The highest BCUT2D eigenvalue weighted by atomic mass is 35.5. The number of hydrogen-bond donors (Lipinski definition) is 2. The number of nitrogens with one attached hydrogen (secondary N) is 2. The van der Waals surface area contributed by atoms with Gasteiger partial charge in [0.15, 0.2) is 0 Å². The molecule has 1 aliphatic heterocycles. The van der Waals surface area contributed by atoms with Gasteiger partial charge in [0.2, 0.25) is 0 Å². The number of ether oxygens (including phenoxy) is 1. The van der Waals surface area contributed by atoms with Crippen molar-refractivity contribution in [1.82, 2.24) is 0 Å². The fourth-order valence-corrected chi connectivity index (χ4v) is 2.99. The molecule has 2 rings (SSSR count). The summed E-state index contributed by atoms with van der Waals surface area (Å²) in [5.41, 5.74) is 1.91. The van der Waals surface area contributed by atoms with E-state index in [4.69, 9.17) is 27.9 Å². The van der Waals surface area contributed by atoms with Gasteiger partial charge in [-0.3, -0.25) is 0 Å². The molecule has 1 saturated heterocycles. The van der Waals surface area contributed by atoms with E-state index in [1.54, 1.807) is 9.80 Å². The molecule has 0 radical (unpaired) electrons. The Morgan fingerprint density at radius 2 is 1.75 bits per heavy atom. The summed E-state index contributed by atoms with van der Waals surface area (Å²) in [6, 6.07) is 1.93. The molecular weight excluding hydrogens is 295 g/mol. The molecule has 1 aliphatic rings. The molecule has 5 heteroatoms. The van der Waals surface area contributed by atoms with E-state index in [9.17, 15) is 0 Å². The third kappa shape index (κ3) is 3.79. The second-order valence-electron chi connectivity index (χ2n) is 5.75. The molecule has 1 aromatic rings. The van der Waals surface area contributed by atoms with E-state index >= 15 is 0 Å². The number of rotatable bonds is 4. The standard InChI is InChI=1S/C15H22Cl2N2O/c1-11-10-13(15(17)12(2)14(11)16)20-9-8-19-6-4-18(3)5-7-19/h10H,4-9H2,1-3H3/p+2. The lowest BCUT2D eigenvalue weighted by Crippen LogP contribution is -3.27. The molecule has 0 atom stereocenters. The normalized spacial score (nSPS) is 22.9. The third-order valence-electron chi connectivity index (χ3n) is 4.09. The lowest BCUT2D eigenvalue weighted by Gasteiger charge is -2.27. The van der Waals surface area contributed by atoms with Gasteiger partial charge in [-0.1, -0.05) is 23.2 Å². The number of hydrogen-bond acceptors (Lipinski definition) is 1. The highest BCUT2D eigenvalue weighted by Gasteiger charge is 2.19. The van der Waals surface area contributed by atoms with Gasteiger partial charge < -0.3 is 14.5 Å². The second kappa shape index (κ2) is 6.99. The van der Waals surface area contributed by atoms with Gasteiger partial charge >= 0.3 is 0 Å². The van der Waals surface area contributed by atoms with Gasteiger partial charge in [0.05, 0.1) is 12.1 Å². The molecule has 0 unspecified atom stereocenters. The minimum Gasteiger partial charge on any atom is -0.486 e. The van der Waals surface area contributed by atoms with Crippen molar-refractivity contribution in [3.8, 4) is 5.75 Å². The van der Waals surface area contributed by atoms with Crippen LogP contribution in [0, 0.1) is 13.8 Å². The highest BCUT2D eigenvalue weighted by molar-refractivity contribution is 6.37. The maximum absolute atomic E-state index is 6.29. The predicted molar refractivity (Wildman–Crippen MR) is 83.6 cm³/mol. The second-order valence-corrected chi connectivity index (χ2v) is 6.51. The molecule has 1 aromatic carbocycles. The molecule has 0 aromatic heterocycles. The van der Waals surface area contributed by atoms with Crippen LogP contribution in [0.15, 0.2) is 6.07 Å². The monoisotopic (exact) mass is 318 g/mol. The lowest BCUT2D eigenvalue weighted by atomic mass is 10.1. The van der Waals surface area contributed by atoms with Crippen LogP contribution in [-0.2, 0) is 0 Å². The predicted octanol–water partition coefficient (Wildman–Crippen LogP) is 0.402. The number of halogens is 2. The Labute approximate surface area is 131 Å². The number of likely N-dealkylation sites (N-methyl/N-ethyl adjacent to an activating group) is 1. The van der Waals surface area contributed by atoms with Crippen molar-refractivity contribution < 1.29 is 14.5 Å². The largest absolute Gasteiger partial charge is 0.486 e. The molecule has 2 N–H and O–H groups in total. The first-order valence-electron chi connectivity index (χ1n) is 7.22. The summed E-state index contributed by atoms with van der Waals surface area (Å²) in [7, 11) is 2.26. The third-order valence-corrected chi connectivity index (χ3v) is 5.14. The van der Waals surface area contributed by atoms with Crippen LogP contribution in [0.5, 0.6) is 5.75 Å². The quantitative estimate of drug-likeness (QED) is 0.822. The average Bonchev–Trinajstić information content (AvgIpc) is 2.44. The molecule has 0 spiro atoms. The average molecular weight is 319 g/mol. The van der Waals surface area contributed by atoms with E-state index in [1.807, 2.05) is 19.9 Å². The van der Waals surface area contributed by atoms with Crippen LogP contribution in [0.4, 0.5) is 0 Å². The molecule has 1 heterocycles. The van der Waals surface area contributed by atoms with Crippen molar-refractivity contribution in [2.45, 2.75) is 13.8 Å². The van der Waals surface area contributed by atoms with E-state index < -0.39 is 0 Å². The van der Waals surface area contributed by atoms with E-state index in [-0.39, 0.29) is 0 Å². The molecular formula is C15H24Cl2N2O+2. The SMILES string of the molecule is Cc1cc(OCC[NH+]2CC[NH+](C)CC2)c(Cl)c(C)c1Cl. The summed E-state index contributed by atoms with van der Waals surface area (Å²) in [4.78, 5) is 3.25. The summed E-state index contributed by atoms with van der Waals surface area (Å²) in [6.45, 7) is 10.6. The zero-order valence-electron chi connectivity index (χ0n) is 12.5. The Kier molecular flexibility index (Phi) is 5.56. The Morgan fingerprint density at radius 3 is 2.40 bits per heavy atom. The number of quaternary nitrogens is 2. The molecule has 0 amide bonds. The molecule has 20 heavy (non-hydrogen) atoms. The Morgan fingerprint density at radius 1 is 1.10 bits per heavy atom. The number of aryl methyl sites for hydroxylation is 1. The van der Waals surface area contributed by atoms with Gasteiger partial charge in [0, 0.05) is 5.02 Å². The van der Waals surface area contributed by atoms with Crippen molar-refractivity contribution in [2.75, 3.05) is 46.4 Å². The Hall–Kier alpha value is -0.480. The van der Waals surface area contributed by atoms with Crippen molar-refractivity contribution in [2.24, 2.45) is 0 Å². The molecule has 0 saturated carbocycles. The fraction of sp³-hybridized carbons (Fsp3) is 0.600. The van der Waals surface area contributed by atoms with Crippen molar-refractivity contribution in [3.05, 3.63) is 27.2 Å². The topological polar surface area (TPSA) is 18.1 Å². The van der Waals surface area contributed by atoms with Crippen molar-refractivity contribution >= 4 is 23.2 Å². The number of benzene rings is 1. The van der Waals surface area contributed by atoms with Crippen molar-refractivity contribution in [3.63, 3.8) is 0 Å². The highest BCUT2D eigenvalue weighted by Crippen LogP contribution is 2.35. The van der Waals surface area contributed by atoms with Gasteiger partial charge in [-0.05, 0) is 31.0 Å². The van der Waals surface area contributed by atoms with E-state index in [2.05, 4.69) is 7.05 Å². The summed E-state index contributed by atoms with van der Waals surface area (Å²) < 4.78 is 5.86. The first kappa shape index (κ1) is 15.9. The molecule has 0 bridgehead atoms. The van der Waals surface area contributed by atoms with Gasteiger partial charge in [-0.15, -0.1) is 0 Å². The molecule has 0 aliphatic carbocycles. The lowest BCUT2D eigenvalue weighted by molar-refractivity contribution is -1.00. The first-order valence-corrected chi connectivity index (χ1v) is 7.97. The van der Waals surface area contributed by atoms with Crippen LogP contribution in [-0.4, -0.2) is 46.4 Å². The summed E-state index contributed by atoms with van der Waals surface area (Å²) in [6.07, 6.45) is 0. The zero-order valence-corrected chi connectivity index (χ0v) is 14.0. The molecule has 112 valence electrons. The summed E-state index contributed by atoms with van der Waals surface area (Å²) >= 11 is 12.5. The minimum atomic E-state index is 0.637. The molecule has 1 fully saturated rings. The van der Waals surface area contributed by atoms with Crippen LogP contribution >= 0.6 is 23.2 Å². The number of piperazine rings is 1. The van der Waals surface area contributed by atoms with Gasteiger partial charge in [0.1, 0.15) is 45.1 Å². The van der Waals surface area contributed by atoms with E-state index in [0.717, 1.165) is 28.4 Å². The van der Waals surface area contributed by atoms with E-state index in [1.165, 1.54) is 26.2 Å². The summed E-state index contributed by atoms with van der Waals surface area (Å²) in [5.74, 6) is 0.755. The fourth-order valence-electron chi connectivity index (χ4n) is 2.59. The minimum absolute atomic E-state index is 0.637.